The van der Waals surface area contributed by atoms with E-state index in [9.17, 15) is 13.6 Å². The van der Waals surface area contributed by atoms with Crippen LogP contribution >= 0.6 is 15.9 Å². The van der Waals surface area contributed by atoms with Gasteiger partial charge in [0, 0.05) is 47.7 Å². The number of amides is 1. The van der Waals surface area contributed by atoms with Gasteiger partial charge in [0.2, 0.25) is 5.90 Å². The summed E-state index contributed by atoms with van der Waals surface area (Å²) in [7, 11) is 0. The molecule has 0 spiro atoms. The van der Waals surface area contributed by atoms with Crippen molar-refractivity contribution in [3.8, 4) is 5.75 Å². The van der Waals surface area contributed by atoms with E-state index in [1.54, 1.807) is 30.3 Å². The topological polar surface area (TPSA) is 92.2 Å². The Kier molecular flexibility index (Phi) is 9.45. The summed E-state index contributed by atoms with van der Waals surface area (Å²) < 4.78 is 40.1. The van der Waals surface area contributed by atoms with Gasteiger partial charge in [-0.3, -0.25) is 10.2 Å². The number of hydrogen-bond acceptors (Lipinski definition) is 6. The minimum absolute atomic E-state index is 0.0430. The van der Waals surface area contributed by atoms with E-state index in [1.807, 2.05) is 24.3 Å². The van der Waals surface area contributed by atoms with Crippen molar-refractivity contribution in [2.45, 2.75) is 31.0 Å². The zero-order valence-corrected chi connectivity index (χ0v) is 22.6. The summed E-state index contributed by atoms with van der Waals surface area (Å²) in [5, 5.41) is 8.95. The summed E-state index contributed by atoms with van der Waals surface area (Å²) in [4.78, 5) is 18.5. The smallest absolute Gasteiger partial charge is 0.266 e. The summed E-state index contributed by atoms with van der Waals surface area (Å²) in [5.74, 6) is -1.01. The predicted molar refractivity (Wildman–Crippen MR) is 147 cm³/mol. The number of aliphatic hydroxyl groups is 1. The number of hydrogen-bond donors (Lipinski definition) is 3. The molecule has 0 unspecified atom stereocenters. The van der Waals surface area contributed by atoms with E-state index < -0.39 is 29.2 Å². The van der Waals surface area contributed by atoms with E-state index in [0.717, 1.165) is 22.2 Å². The summed E-state index contributed by atoms with van der Waals surface area (Å²) in [5.41, 5.74) is 5.49. The lowest BCUT2D eigenvalue weighted by molar-refractivity contribution is -0.129. The molecule has 3 aromatic rings. The largest absolute Gasteiger partial charge is 0.494 e. The van der Waals surface area contributed by atoms with Gasteiger partial charge >= 0.3 is 0 Å². The second-order valence-corrected chi connectivity index (χ2v) is 9.79. The van der Waals surface area contributed by atoms with Crippen LogP contribution in [0, 0.1) is 11.6 Å². The molecule has 0 aromatic heterocycles. The van der Waals surface area contributed by atoms with Gasteiger partial charge in [-0.25, -0.2) is 19.2 Å². The van der Waals surface area contributed by atoms with Crippen molar-refractivity contribution in [3.63, 3.8) is 0 Å². The van der Waals surface area contributed by atoms with Gasteiger partial charge in [0.25, 0.3) is 5.91 Å². The Morgan fingerprint density at radius 3 is 2.56 bits per heavy atom. The molecule has 0 fully saturated rings. The lowest BCUT2D eigenvalue weighted by Gasteiger charge is -2.29. The van der Waals surface area contributed by atoms with E-state index in [4.69, 9.17) is 19.6 Å². The van der Waals surface area contributed by atoms with Crippen LogP contribution in [0.25, 0.3) is 0 Å². The number of carbonyl (C=O) groups excluding carboxylic acids is 1. The number of aliphatic hydroxyl groups excluding tert-OH is 1. The number of halogens is 3. The zero-order chi connectivity index (χ0) is 27.8. The number of rotatable bonds is 12. The fourth-order valence-corrected chi connectivity index (χ4v) is 4.43. The van der Waals surface area contributed by atoms with Crippen LogP contribution in [0.15, 0.2) is 88.9 Å². The molecule has 1 aliphatic rings. The van der Waals surface area contributed by atoms with Crippen molar-refractivity contribution >= 4 is 27.7 Å². The Morgan fingerprint density at radius 2 is 1.90 bits per heavy atom. The van der Waals surface area contributed by atoms with Gasteiger partial charge in [-0.05, 0) is 48.0 Å². The summed E-state index contributed by atoms with van der Waals surface area (Å²) in [6.45, 7) is 4.19. The Bertz CT molecular complexity index is 1340. The van der Waals surface area contributed by atoms with Gasteiger partial charge in [-0.1, -0.05) is 40.2 Å². The van der Waals surface area contributed by atoms with Crippen LogP contribution in [-0.4, -0.2) is 35.7 Å². The first kappa shape index (κ1) is 28.4. The fraction of sp³-hybridized carbons (Fsp3) is 0.241. The highest BCUT2D eigenvalue weighted by Gasteiger charge is 2.52. The molecule has 3 N–H and O–H groups in total. The van der Waals surface area contributed by atoms with Crippen molar-refractivity contribution < 1.29 is 28.2 Å². The van der Waals surface area contributed by atoms with Crippen LogP contribution in [0.4, 0.5) is 8.78 Å². The first-order valence-electron chi connectivity index (χ1n) is 12.3. The SMILES string of the molecule is C=CC[C@]1(C(=O)NNCc2ccc(F)cc2F)N=C(c2ccc(OCCCO)cc2)O[C@H]1c1ccc(Br)cc1. The molecule has 1 heterocycles. The first-order chi connectivity index (χ1) is 18.9. The molecular weight excluding hydrogens is 572 g/mol. The van der Waals surface area contributed by atoms with Gasteiger partial charge in [0.1, 0.15) is 17.4 Å². The molecule has 4 rings (SSSR count). The van der Waals surface area contributed by atoms with Crippen LogP contribution in [0.5, 0.6) is 5.75 Å². The molecule has 2 atom stereocenters. The van der Waals surface area contributed by atoms with Crippen molar-refractivity contribution in [2.24, 2.45) is 4.99 Å². The minimum Gasteiger partial charge on any atom is -0.494 e. The van der Waals surface area contributed by atoms with Crippen molar-refractivity contribution in [3.05, 3.63) is 112 Å². The molecule has 204 valence electrons. The number of hydrazine groups is 1. The lowest BCUT2D eigenvalue weighted by atomic mass is 9.84. The summed E-state index contributed by atoms with van der Waals surface area (Å²) in [6, 6.07) is 17.7. The van der Waals surface area contributed by atoms with Crippen molar-refractivity contribution in [2.75, 3.05) is 13.2 Å². The van der Waals surface area contributed by atoms with Gasteiger partial charge < -0.3 is 14.6 Å². The standard InChI is InChI=1S/C29H28BrF2N3O4/c1-2-14-29(28(37)35-33-18-21-6-11-23(31)17-25(21)32)26(19-4-9-22(30)10-5-19)39-27(34-29)20-7-12-24(13-8-20)38-16-3-15-36/h2,4-13,17,26,33,36H,1,3,14-16,18H2,(H,35,37)/t26-,29-/m0/s1. The maximum atomic E-state index is 14.1. The third-order valence-electron chi connectivity index (χ3n) is 6.15. The number of benzene rings is 3. The molecule has 0 saturated heterocycles. The second-order valence-electron chi connectivity index (χ2n) is 8.88. The molecular formula is C29H28BrF2N3O4. The van der Waals surface area contributed by atoms with E-state index in [-0.39, 0.29) is 31.0 Å². The Morgan fingerprint density at radius 1 is 1.15 bits per heavy atom. The van der Waals surface area contributed by atoms with Gasteiger partial charge in [0.05, 0.1) is 6.61 Å². The fourth-order valence-electron chi connectivity index (χ4n) is 4.17. The molecule has 7 nitrogen and oxygen atoms in total. The first-order valence-corrected chi connectivity index (χ1v) is 13.1. The second kappa shape index (κ2) is 13.0. The average molecular weight is 600 g/mol. The summed E-state index contributed by atoms with van der Waals surface area (Å²) in [6.07, 6.45) is 1.48. The monoisotopic (exact) mass is 599 g/mol. The molecule has 0 bridgehead atoms. The molecule has 0 aliphatic carbocycles. The van der Waals surface area contributed by atoms with E-state index >= 15 is 0 Å². The Hall–Kier alpha value is -3.60. The van der Waals surface area contributed by atoms with Gasteiger partial charge in [-0.2, -0.15) is 0 Å². The highest BCUT2D eigenvalue weighted by molar-refractivity contribution is 9.10. The maximum Gasteiger partial charge on any atom is 0.266 e. The van der Waals surface area contributed by atoms with E-state index in [0.29, 0.717) is 24.3 Å². The Labute approximate surface area is 233 Å². The number of aliphatic imine (C=N–C) groups is 1. The average Bonchev–Trinajstić information content (AvgIpc) is 3.31. The van der Waals surface area contributed by atoms with Crippen LogP contribution in [0.2, 0.25) is 0 Å². The van der Waals surface area contributed by atoms with Crippen LogP contribution in [-0.2, 0) is 16.1 Å². The molecule has 1 amide bonds. The predicted octanol–water partition coefficient (Wildman–Crippen LogP) is 5.14. The summed E-state index contributed by atoms with van der Waals surface area (Å²) >= 11 is 3.43. The molecule has 0 radical (unpaired) electrons. The van der Waals surface area contributed by atoms with E-state index in [1.165, 1.54) is 6.07 Å². The van der Waals surface area contributed by atoms with E-state index in [2.05, 4.69) is 33.4 Å². The molecule has 1 aliphatic heterocycles. The van der Waals surface area contributed by atoms with Gasteiger partial charge in [-0.15, -0.1) is 6.58 Å². The highest BCUT2D eigenvalue weighted by atomic mass is 79.9. The molecule has 39 heavy (non-hydrogen) atoms. The Balaban J connectivity index is 1.61. The lowest BCUT2D eigenvalue weighted by Crippen LogP contribution is -2.52. The van der Waals surface area contributed by atoms with Crippen molar-refractivity contribution in [1.82, 2.24) is 10.9 Å². The molecule has 10 heteroatoms. The minimum atomic E-state index is -1.42. The number of carbonyl (C=O) groups is 1. The maximum absolute atomic E-state index is 14.1. The molecule has 3 aromatic carbocycles. The number of ether oxygens (including phenoxy) is 2. The number of nitrogens with one attached hydrogen (secondary N) is 2. The quantitative estimate of drug-likeness (QED) is 0.152. The van der Waals surface area contributed by atoms with Crippen LogP contribution < -0.4 is 15.6 Å². The van der Waals surface area contributed by atoms with Crippen LogP contribution in [0.1, 0.15) is 35.6 Å². The normalized spacial score (nSPS) is 18.3. The zero-order valence-electron chi connectivity index (χ0n) is 21.0. The highest BCUT2D eigenvalue weighted by Crippen LogP contribution is 2.43. The molecule has 0 saturated carbocycles. The van der Waals surface area contributed by atoms with Gasteiger partial charge in [0.15, 0.2) is 11.6 Å². The third-order valence-corrected chi connectivity index (χ3v) is 6.68. The van der Waals surface area contributed by atoms with Crippen molar-refractivity contribution in [1.29, 1.82) is 0 Å². The third kappa shape index (κ3) is 6.70. The number of nitrogens with zero attached hydrogens (tertiary/aromatic N) is 1. The van der Waals surface area contributed by atoms with Crippen LogP contribution in [0.3, 0.4) is 0 Å².